The number of sulfone groups is 1. The predicted molar refractivity (Wildman–Crippen MR) is 74.0 cm³/mol. The van der Waals surface area contributed by atoms with Crippen LogP contribution in [0.1, 0.15) is 60.9 Å². The fourth-order valence-corrected chi connectivity index (χ4v) is 3.80. The number of ketones is 1. The van der Waals surface area contributed by atoms with Crippen LogP contribution >= 0.6 is 11.3 Å². The lowest BCUT2D eigenvalue weighted by Gasteiger charge is -2.04. The van der Waals surface area contributed by atoms with E-state index in [1.54, 1.807) is 13.8 Å². The van der Waals surface area contributed by atoms with Crippen molar-refractivity contribution in [3.63, 3.8) is 0 Å². The van der Waals surface area contributed by atoms with E-state index in [1.807, 2.05) is 13.8 Å². The molecule has 4 nitrogen and oxygen atoms in total. The van der Waals surface area contributed by atoms with Gasteiger partial charge in [0.05, 0.1) is 15.8 Å². The number of carbonyl (C=O) groups is 1. The summed E-state index contributed by atoms with van der Waals surface area (Å²) in [6.07, 6.45) is 0. The number of carbonyl (C=O) groups excluding carboxylic acids is 1. The van der Waals surface area contributed by atoms with Crippen LogP contribution in [0.4, 0.5) is 0 Å². The largest absolute Gasteiger partial charge is 0.294 e. The summed E-state index contributed by atoms with van der Waals surface area (Å²) in [5, 5.41) is 0.0854. The van der Waals surface area contributed by atoms with E-state index in [0.717, 1.165) is 0 Å². The molecule has 1 aromatic rings. The van der Waals surface area contributed by atoms with E-state index in [0.29, 0.717) is 15.6 Å². The molecular weight excluding hydrogens is 270 g/mol. The van der Waals surface area contributed by atoms with Gasteiger partial charge in [-0.25, -0.2) is 13.4 Å². The number of nitrogens with zero attached hydrogens (tertiary/aromatic N) is 1. The zero-order valence-corrected chi connectivity index (χ0v) is 13.0. The zero-order valence-electron chi connectivity index (χ0n) is 11.4. The van der Waals surface area contributed by atoms with E-state index in [2.05, 4.69) is 4.98 Å². The SMILES string of the molecule is CC(=O)c1sc(CS(=O)(=O)C(C)C)nc1C(C)C. The van der Waals surface area contributed by atoms with Crippen molar-refractivity contribution in [1.29, 1.82) is 0 Å². The van der Waals surface area contributed by atoms with Crippen molar-refractivity contribution in [2.75, 3.05) is 0 Å². The molecule has 0 bridgehead atoms. The fourth-order valence-electron chi connectivity index (χ4n) is 1.42. The molecule has 6 heteroatoms. The Balaban J connectivity index is 3.14. The highest BCUT2D eigenvalue weighted by molar-refractivity contribution is 7.91. The maximum atomic E-state index is 11.8. The van der Waals surface area contributed by atoms with E-state index >= 15 is 0 Å². The topological polar surface area (TPSA) is 64.1 Å². The quantitative estimate of drug-likeness (QED) is 0.782. The van der Waals surface area contributed by atoms with Crippen LogP contribution in [0.15, 0.2) is 0 Å². The van der Waals surface area contributed by atoms with Crippen LogP contribution in [0.5, 0.6) is 0 Å². The maximum Gasteiger partial charge on any atom is 0.171 e. The Morgan fingerprint density at radius 1 is 1.28 bits per heavy atom. The minimum atomic E-state index is -3.17. The summed E-state index contributed by atoms with van der Waals surface area (Å²) in [7, 11) is -3.17. The lowest BCUT2D eigenvalue weighted by molar-refractivity contribution is 0.102. The van der Waals surface area contributed by atoms with Gasteiger partial charge in [-0.1, -0.05) is 13.8 Å². The highest BCUT2D eigenvalue weighted by Gasteiger charge is 2.23. The summed E-state index contributed by atoms with van der Waals surface area (Å²) < 4.78 is 23.7. The van der Waals surface area contributed by atoms with Gasteiger partial charge >= 0.3 is 0 Å². The highest BCUT2D eigenvalue weighted by atomic mass is 32.2. The molecule has 0 fully saturated rings. The second-order valence-electron chi connectivity index (χ2n) is 4.89. The number of hydrogen-bond donors (Lipinski definition) is 0. The first-order valence-electron chi connectivity index (χ1n) is 5.87. The Labute approximate surface area is 112 Å². The van der Waals surface area contributed by atoms with Crippen LogP contribution in [0, 0.1) is 0 Å². The summed E-state index contributed by atoms with van der Waals surface area (Å²) in [5.41, 5.74) is 0.710. The Morgan fingerprint density at radius 2 is 1.83 bits per heavy atom. The molecule has 0 aromatic carbocycles. The first kappa shape index (κ1) is 15.3. The van der Waals surface area contributed by atoms with Crippen LogP contribution in [0.3, 0.4) is 0 Å². The number of thiazole rings is 1. The summed E-state index contributed by atoms with van der Waals surface area (Å²) in [5.74, 6) is -0.0115. The molecule has 0 N–H and O–H groups in total. The van der Waals surface area contributed by atoms with Gasteiger partial charge in [-0.05, 0) is 19.8 Å². The van der Waals surface area contributed by atoms with Gasteiger partial charge < -0.3 is 0 Å². The van der Waals surface area contributed by atoms with Gasteiger partial charge in [-0.2, -0.15) is 0 Å². The average Bonchev–Trinajstić information content (AvgIpc) is 2.60. The predicted octanol–water partition coefficient (Wildman–Crippen LogP) is 2.79. The third-order valence-corrected chi connectivity index (χ3v) is 6.07. The van der Waals surface area contributed by atoms with Crippen LogP contribution in [-0.2, 0) is 15.6 Å². The van der Waals surface area contributed by atoms with Crippen LogP contribution in [0.25, 0.3) is 0 Å². The van der Waals surface area contributed by atoms with E-state index in [4.69, 9.17) is 0 Å². The van der Waals surface area contributed by atoms with Crippen molar-refractivity contribution in [3.8, 4) is 0 Å². The Hall–Kier alpha value is -0.750. The minimum Gasteiger partial charge on any atom is -0.294 e. The Kier molecular flexibility index (Phi) is 4.66. The van der Waals surface area contributed by atoms with Crippen molar-refractivity contribution < 1.29 is 13.2 Å². The van der Waals surface area contributed by atoms with E-state index in [1.165, 1.54) is 18.3 Å². The zero-order chi connectivity index (χ0) is 14.1. The second-order valence-corrected chi connectivity index (χ2v) is 8.53. The monoisotopic (exact) mass is 289 g/mol. The average molecular weight is 289 g/mol. The van der Waals surface area contributed by atoms with Crippen molar-refractivity contribution in [2.24, 2.45) is 0 Å². The summed E-state index contributed by atoms with van der Waals surface area (Å²) in [6.45, 7) is 8.68. The lowest BCUT2D eigenvalue weighted by atomic mass is 10.1. The normalized spacial score (nSPS) is 12.4. The molecule has 0 spiro atoms. The van der Waals surface area contributed by atoms with Gasteiger partial charge in [-0.15, -0.1) is 11.3 Å². The third-order valence-electron chi connectivity index (χ3n) is 2.61. The van der Waals surface area contributed by atoms with Gasteiger partial charge in [0.15, 0.2) is 15.6 Å². The third kappa shape index (κ3) is 3.38. The molecule has 0 aliphatic rings. The van der Waals surface area contributed by atoms with E-state index in [-0.39, 0.29) is 17.5 Å². The first-order valence-corrected chi connectivity index (χ1v) is 8.40. The first-order chi connectivity index (χ1) is 8.15. The molecule has 0 saturated heterocycles. The number of Topliss-reactive ketones (excluding diaryl/α,β-unsaturated/α-hetero) is 1. The highest BCUT2D eigenvalue weighted by Crippen LogP contribution is 2.27. The molecule has 0 saturated carbocycles. The number of rotatable bonds is 5. The molecule has 1 rings (SSSR count). The van der Waals surface area contributed by atoms with Crippen molar-refractivity contribution >= 4 is 27.0 Å². The molecule has 18 heavy (non-hydrogen) atoms. The molecular formula is C12H19NO3S2. The molecule has 0 atom stereocenters. The fraction of sp³-hybridized carbons (Fsp3) is 0.667. The molecule has 0 amide bonds. The molecule has 0 aliphatic heterocycles. The Morgan fingerprint density at radius 3 is 2.17 bits per heavy atom. The van der Waals surface area contributed by atoms with Gasteiger partial charge in [0.1, 0.15) is 10.8 Å². The van der Waals surface area contributed by atoms with Crippen molar-refractivity contribution in [1.82, 2.24) is 4.98 Å². The minimum absolute atomic E-state index is 0.0515. The van der Waals surface area contributed by atoms with Gasteiger partial charge in [0, 0.05) is 6.92 Å². The molecule has 0 unspecified atom stereocenters. The smallest absolute Gasteiger partial charge is 0.171 e. The van der Waals surface area contributed by atoms with Gasteiger partial charge in [-0.3, -0.25) is 4.79 Å². The number of aromatic nitrogens is 1. The van der Waals surface area contributed by atoms with Crippen LogP contribution in [-0.4, -0.2) is 24.4 Å². The van der Waals surface area contributed by atoms with Gasteiger partial charge in [0.2, 0.25) is 0 Å². The maximum absolute atomic E-state index is 11.8. The van der Waals surface area contributed by atoms with Gasteiger partial charge in [0.25, 0.3) is 0 Å². The summed E-state index contributed by atoms with van der Waals surface area (Å²) in [4.78, 5) is 16.4. The molecule has 102 valence electrons. The van der Waals surface area contributed by atoms with E-state index < -0.39 is 15.1 Å². The number of hydrogen-bond acceptors (Lipinski definition) is 5. The lowest BCUT2D eigenvalue weighted by Crippen LogP contribution is -2.15. The standard InChI is InChI=1S/C12H19NO3S2/c1-7(2)11-12(9(5)14)17-10(13-11)6-18(15,16)8(3)4/h7-8H,6H2,1-5H3. The van der Waals surface area contributed by atoms with Crippen molar-refractivity contribution in [2.45, 2.75) is 51.5 Å². The van der Waals surface area contributed by atoms with Crippen molar-refractivity contribution in [3.05, 3.63) is 15.6 Å². The molecule has 0 radical (unpaired) electrons. The molecule has 0 aliphatic carbocycles. The summed E-state index contributed by atoms with van der Waals surface area (Å²) >= 11 is 1.20. The second kappa shape index (κ2) is 5.48. The van der Waals surface area contributed by atoms with E-state index in [9.17, 15) is 13.2 Å². The van der Waals surface area contributed by atoms with Crippen LogP contribution < -0.4 is 0 Å². The molecule has 1 heterocycles. The molecule has 1 aromatic heterocycles. The van der Waals surface area contributed by atoms with Crippen LogP contribution in [0.2, 0.25) is 0 Å². The summed E-state index contributed by atoms with van der Waals surface area (Å²) in [6, 6.07) is 0. The Bertz CT molecular complexity index is 542.